The van der Waals surface area contributed by atoms with Crippen LogP contribution in [0.3, 0.4) is 0 Å². The molecule has 0 saturated heterocycles. The Morgan fingerprint density at radius 1 is 1.00 bits per heavy atom. The number of aliphatic imine (C=N–C) groups is 1. The number of carbonyl (C=O) groups excluding carboxylic acids is 1. The Balaban J connectivity index is 1.69. The van der Waals surface area contributed by atoms with E-state index in [1.54, 1.807) is 38.4 Å². The van der Waals surface area contributed by atoms with Crippen LogP contribution in [-0.2, 0) is 6.54 Å². The Hall–Kier alpha value is -2.73. The minimum absolute atomic E-state index is 0.126. The fourth-order valence-electron chi connectivity index (χ4n) is 2.21. The van der Waals surface area contributed by atoms with Crippen LogP contribution in [0.2, 0.25) is 5.02 Å². The van der Waals surface area contributed by atoms with Crippen molar-refractivity contribution in [3.63, 3.8) is 0 Å². The standard InChI is InChI=1S/C19H23ClN4O2/c1-21-19(24-13-14-3-7-16(20)8-4-14)23-12-11-22-18(25)15-5-9-17(26-2)10-6-15/h3-10H,11-13H2,1-2H3,(H,22,25)(H2,21,23,24). The molecule has 7 heteroatoms. The Kier molecular flexibility index (Phi) is 7.76. The van der Waals surface area contributed by atoms with Crippen molar-refractivity contribution in [2.75, 3.05) is 27.2 Å². The average Bonchev–Trinajstić information content (AvgIpc) is 2.68. The van der Waals surface area contributed by atoms with Crippen LogP contribution in [0.4, 0.5) is 0 Å². The summed E-state index contributed by atoms with van der Waals surface area (Å²) in [7, 11) is 3.29. The van der Waals surface area contributed by atoms with Gasteiger partial charge in [-0.3, -0.25) is 9.79 Å². The molecule has 0 aliphatic carbocycles. The first-order valence-corrected chi connectivity index (χ1v) is 8.61. The first-order valence-electron chi connectivity index (χ1n) is 8.23. The second-order valence-electron chi connectivity index (χ2n) is 5.46. The van der Waals surface area contributed by atoms with Gasteiger partial charge >= 0.3 is 0 Å². The summed E-state index contributed by atoms with van der Waals surface area (Å²) in [6.07, 6.45) is 0. The van der Waals surface area contributed by atoms with Gasteiger partial charge in [-0.15, -0.1) is 0 Å². The largest absolute Gasteiger partial charge is 0.497 e. The smallest absolute Gasteiger partial charge is 0.251 e. The fraction of sp³-hybridized carbons (Fsp3) is 0.263. The molecule has 2 rings (SSSR count). The third-order valence-electron chi connectivity index (χ3n) is 3.65. The Morgan fingerprint density at radius 2 is 1.65 bits per heavy atom. The van der Waals surface area contributed by atoms with Crippen molar-refractivity contribution in [3.8, 4) is 5.75 Å². The van der Waals surface area contributed by atoms with Crippen molar-refractivity contribution in [3.05, 3.63) is 64.7 Å². The summed E-state index contributed by atoms with van der Waals surface area (Å²) in [6.45, 7) is 1.67. The van der Waals surface area contributed by atoms with E-state index in [4.69, 9.17) is 16.3 Å². The second kappa shape index (κ2) is 10.3. The number of methoxy groups -OCH3 is 1. The van der Waals surface area contributed by atoms with E-state index in [1.165, 1.54) is 0 Å². The summed E-state index contributed by atoms with van der Waals surface area (Å²) >= 11 is 5.87. The number of nitrogens with one attached hydrogen (secondary N) is 3. The number of nitrogens with zero attached hydrogens (tertiary/aromatic N) is 1. The number of benzene rings is 2. The zero-order chi connectivity index (χ0) is 18.8. The number of guanidine groups is 1. The average molecular weight is 375 g/mol. The van der Waals surface area contributed by atoms with Crippen molar-refractivity contribution in [1.29, 1.82) is 0 Å². The van der Waals surface area contributed by atoms with Gasteiger partial charge in [0.15, 0.2) is 5.96 Å². The Morgan fingerprint density at radius 3 is 2.27 bits per heavy atom. The third kappa shape index (κ3) is 6.29. The second-order valence-corrected chi connectivity index (χ2v) is 5.90. The normalized spacial score (nSPS) is 11.0. The molecule has 0 bridgehead atoms. The van der Waals surface area contributed by atoms with Gasteiger partial charge in [-0.2, -0.15) is 0 Å². The zero-order valence-electron chi connectivity index (χ0n) is 14.9. The zero-order valence-corrected chi connectivity index (χ0v) is 15.6. The number of hydrogen-bond acceptors (Lipinski definition) is 3. The highest BCUT2D eigenvalue weighted by atomic mass is 35.5. The van der Waals surface area contributed by atoms with Crippen molar-refractivity contribution >= 4 is 23.5 Å². The van der Waals surface area contributed by atoms with E-state index in [2.05, 4.69) is 20.9 Å². The number of hydrogen-bond donors (Lipinski definition) is 3. The highest BCUT2D eigenvalue weighted by Gasteiger charge is 2.05. The third-order valence-corrected chi connectivity index (χ3v) is 3.90. The molecule has 0 spiro atoms. The predicted molar refractivity (Wildman–Crippen MR) is 105 cm³/mol. The predicted octanol–water partition coefficient (Wildman–Crippen LogP) is 2.44. The van der Waals surface area contributed by atoms with Gasteiger partial charge in [-0.05, 0) is 42.0 Å². The van der Waals surface area contributed by atoms with Crippen LogP contribution in [0.25, 0.3) is 0 Å². The van der Waals surface area contributed by atoms with Gasteiger partial charge in [-0.25, -0.2) is 0 Å². The van der Waals surface area contributed by atoms with Gasteiger partial charge in [0, 0.05) is 37.3 Å². The van der Waals surface area contributed by atoms with E-state index in [0.29, 0.717) is 36.2 Å². The highest BCUT2D eigenvalue weighted by molar-refractivity contribution is 6.30. The van der Waals surface area contributed by atoms with Crippen LogP contribution in [-0.4, -0.2) is 39.1 Å². The van der Waals surface area contributed by atoms with Gasteiger partial charge < -0.3 is 20.7 Å². The summed E-state index contributed by atoms with van der Waals surface area (Å²) in [5.41, 5.74) is 1.70. The van der Waals surface area contributed by atoms with Gasteiger partial charge in [0.1, 0.15) is 5.75 Å². The van der Waals surface area contributed by atoms with Gasteiger partial charge in [-0.1, -0.05) is 23.7 Å². The maximum absolute atomic E-state index is 12.1. The van der Waals surface area contributed by atoms with Gasteiger partial charge in [0.2, 0.25) is 0 Å². The SMILES string of the molecule is CN=C(NCCNC(=O)c1ccc(OC)cc1)NCc1ccc(Cl)cc1. The number of rotatable bonds is 7. The molecule has 6 nitrogen and oxygen atoms in total. The summed E-state index contributed by atoms with van der Waals surface area (Å²) in [5, 5.41) is 9.93. The Labute approximate surface area is 158 Å². The van der Waals surface area contributed by atoms with E-state index in [9.17, 15) is 4.79 Å². The van der Waals surface area contributed by atoms with E-state index >= 15 is 0 Å². The molecular formula is C19H23ClN4O2. The molecule has 3 N–H and O–H groups in total. The van der Waals surface area contributed by atoms with E-state index in [1.807, 2.05) is 24.3 Å². The van der Waals surface area contributed by atoms with Crippen molar-refractivity contribution < 1.29 is 9.53 Å². The highest BCUT2D eigenvalue weighted by Crippen LogP contribution is 2.11. The number of amides is 1. The minimum atomic E-state index is -0.126. The van der Waals surface area contributed by atoms with Crippen LogP contribution >= 0.6 is 11.6 Å². The molecule has 0 saturated carbocycles. The van der Waals surface area contributed by atoms with Crippen LogP contribution < -0.4 is 20.7 Å². The summed E-state index contributed by atoms with van der Waals surface area (Å²) in [6, 6.07) is 14.6. The van der Waals surface area contributed by atoms with Crippen LogP contribution in [0.15, 0.2) is 53.5 Å². The lowest BCUT2D eigenvalue weighted by atomic mass is 10.2. The fourth-order valence-corrected chi connectivity index (χ4v) is 2.34. The number of carbonyl (C=O) groups is 1. The summed E-state index contributed by atoms with van der Waals surface area (Å²) in [5.74, 6) is 1.26. The molecule has 26 heavy (non-hydrogen) atoms. The molecule has 138 valence electrons. The molecule has 0 heterocycles. The molecule has 0 atom stereocenters. The lowest BCUT2D eigenvalue weighted by molar-refractivity contribution is 0.0954. The molecule has 0 aliphatic rings. The number of ether oxygens (including phenoxy) is 1. The lowest BCUT2D eigenvalue weighted by Gasteiger charge is -2.12. The molecule has 0 fully saturated rings. The molecule has 0 unspecified atom stereocenters. The summed E-state index contributed by atoms with van der Waals surface area (Å²) < 4.78 is 5.08. The van der Waals surface area contributed by atoms with Crippen molar-refractivity contribution in [2.45, 2.75) is 6.54 Å². The van der Waals surface area contributed by atoms with Crippen LogP contribution in [0.5, 0.6) is 5.75 Å². The van der Waals surface area contributed by atoms with Gasteiger partial charge in [0.25, 0.3) is 5.91 Å². The first-order chi connectivity index (χ1) is 12.6. The maximum Gasteiger partial charge on any atom is 0.251 e. The molecular weight excluding hydrogens is 352 g/mol. The van der Waals surface area contributed by atoms with E-state index in [-0.39, 0.29) is 5.91 Å². The molecule has 0 aromatic heterocycles. The maximum atomic E-state index is 12.1. The van der Waals surface area contributed by atoms with E-state index in [0.717, 1.165) is 11.3 Å². The first kappa shape index (κ1) is 19.6. The monoisotopic (exact) mass is 374 g/mol. The Bertz CT molecular complexity index is 730. The molecule has 2 aromatic rings. The lowest BCUT2D eigenvalue weighted by Crippen LogP contribution is -2.41. The van der Waals surface area contributed by atoms with Crippen molar-refractivity contribution in [2.24, 2.45) is 4.99 Å². The molecule has 0 aliphatic heterocycles. The minimum Gasteiger partial charge on any atom is -0.497 e. The molecule has 2 aromatic carbocycles. The quantitative estimate of drug-likeness (QED) is 0.395. The van der Waals surface area contributed by atoms with Gasteiger partial charge in [0.05, 0.1) is 7.11 Å². The topological polar surface area (TPSA) is 74.8 Å². The van der Waals surface area contributed by atoms with E-state index < -0.39 is 0 Å². The van der Waals surface area contributed by atoms with Crippen LogP contribution in [0, 0.1) is 0 Å². The van der Waals surface area contributed by atoms with Crippen molar-refractivity contribution in [1.82, 2.24) is 16.0 Å². The molecule has 1 amide bonds. The molecule has 0 radical (unpaired) electrons. The number of halogens is 1. The summed E-state index contributed by atoms with van der Waals surface area (Å²) in [4.78, 5) is 16.2. The van der Waals surface area contributed by atoms with Crippen LogP contribution in [0.1, 0.15) is 15.9 Å².